The van der Waals surface area contributed by atoms with E-state index in [4.69, 9.17) is 0 Å². The summed E-state index contributed by atoms with van der Waals surface area (Å²) in [7, 11) is -4.53. The number of β-amino-alcohol motifs (C(OH)–C–C–N with tert-alkyl or cyclic N) is 1. The van der Waals surface area contributed by atoms with E-state index in [1.807, 2.05) is 4.90 Å². The zero-order chi connectivity index (χ0) is 13.6. The summed E-state index contributed by atoms with van der Waals surface area (Å²) in [6.45, 7) is 2.57. The number of benzene rings is 1. The normalized spacial score (nSPS) is 18.8. The molecule has 100 valence electrons. The predicted molar refractivity (Wildman–Crippen MR) is 62.5 cm³/mol. The van der Waals surface area contributed by atoms with Crippen molar-refractivity contribution in [2.24, 2.45) is 0 Å². The monoisotopic (exact) mass is 277 g/mol. The summed E-state index contributed by atoms with van der Waals surface area (Å²) in [6.07, 6.45) is 0. The van der Waals surface area contributed by atoms with Crippen LogP contribution in [0.5, 0.6) is 0 Å². The van der Waals surface area contributed by atoms with E-state index < -0.39 is 26.1 Å². The maximum atomic E-state index is 12.3. The molecule has 0 aliphatic carbocycles. The van der Waals surface area contributed by atoms with E-state index in [1.54, 1.807) is 6.92 Å². The van der Waals surface area contributed by atoms with Gasteiger partial charge in [-0.2, -0.15) is 8.78 Å². The Morgan fingerprint density at radius 3 is 2.17 bits per heavy atom. The first-order valence-electron chi connectivity index (χ1n) is 5.32. The number of hydrogen-bond donors (Lipinski definition) is 1. The summed E-state index contributed by atoms with van der Waals surface area (Å²) < 4.78 is 47.0. The lowest BCUT2D eigenvalue weighted by molar-refractivity contribution is 0.0310. The average Bonchev–Trinajstić information content (AvgIpc) is 2.25. The molecule has 1 heterocycles. The lowest BCUT2D eigenvalue weighted by Gasteiger charge is -2.45. The Morgan fingerprint density at radius 2 is 1.78 bits per heavy atom. The van der Waals surface area contributed by atoms with Gasteiger partial charge in [0.25, 0.3) is 0 Å². The molecular weight excluding hydrogens is 264 g/mol. The Labute approximate surface area is 104 Å². The smallest absolute Gasteiger partial charge is 0.341 e. The van der Waals surface area contributed by atoms with Crippen LogP contribution in [0.4, 0.5) is 14.5 Å². The Bertz CT molecular complexity index is 532. The third-order valence-electron chi connectivity index (χ3n) is 2.83. The Kier molecular flexibility index (Phi) is 3.06. The third-order valence-corrected chi connectivity index (χ3v) is 4.23. The van der Waals surface area contributed by atoms with Gasteiger partial charge in [0.15, 0.2) is 0 Å². The number of sulfone groups is 1. The van der Waals surface area contributed by atoms with Gasteiger partial charge in [0.05, 0.1) is 10.5 Å². The molecule has 0 radical (unpaired) electrons. The maximum absolute atomic E-state index is 12.3. The molecule has 0 bridgehead atoms. The second-order valence-electron chi connectivity index (χ2n) is 4.65. The minimum absolute atomic E-state index is 0.395. The summed E-state index contributed by atoms with van der Waals surface area (Å²) in [5, 5.41) is 9.56. The molecule has 1 saturated heterocycles. The van der Waals surface area contributed by atoms with E-state index in [2.05, 4.69) is 0 Å². The fraction of sp³-hybridized carbons (Fsp3) is 0.455. The molecule has 1 aromatic carbocycles. The minimum atomic E-state index is -4.53. The molecule has 0 atom stereocenters. The zero-order valence-corrected chi connectivity index (χ0v) is 10.5. The highest BCUT2D eigenvalue weighted by Gasteiger charge is 2.36. The molecule has 7 heteroatoms. The lowest BCUT2D eigenvalue weighted by atomic mass is 9.96. The van der Waals surface area contributed by atoms with Crippen molar-refractivity contribution in [1.82, 2.24) is 0 Å². The molecule has 0 spiro atoms. The first kappa shape index (κ1) is 13.2. The topological polar surface area (TPSA) is 57.6 Å². The summed E-state index contributed by atoms with van der Waals surface area (Å²) >= 11 is 0. The molecule has 2 rings (SSSR count). The van der Waals surface area contributed by atoms with E-state index in [0.29, 0.717) is 18.8 Å². The molecule has 0 saturated carbocycles. The number of aliphatic hydroxyl groups is 1. The van der Waals surface area contributed by atoms with Crippen molar-refractivity contribution in [1.29, 1.82) is 0 Å². The van der Waals surface area contributed by atoms with Gasteiger partial charge in [-0.15, -0.1) is 0 Å². The highest BCUT2D eigenvalue weighted by Crippen LogP contribution is 2.28. The largest absolute Gasteiger partial charge is 0.386 e. The minimum Gasteiger partial charge on any atom is -0.386 e. The zero-order valence-electron chi connectivity index (χ0n) is 9.68. The van der Waals surface area contributed by atoms with Crippen LogP contribution in [0.15, 0.2) is 29.2 Å². The van der Waals surface area contributed by atoms with E-state index in [0.717, 1.165) is 12.1 Å². The van der Waals surface area contributed by atoms with Gasteiger partial charge in [-0.3, -0.25) is 0 Å². The van der Waals surface area contributed by atoms with Gasteiger partial charge in [0, 0.05) is 18.8 Å². The highest BCUT2D eigenvalue weighted by atomic mass is 32.2. The predicted octanol–water partition coefficient (Wildman–Crippen LogP) is 1.25. The van der Waals surface area contributed by atoms with Crippen molar-refractivity contribution in [2.75, 3.05) is 18.0 Å². The Balaban J connectivity index is 2.17. The van der Waals surface area contributed by atoms with Crippen molar-refractivity contribution in [3.63, 3.8) is 0 Å². The van der Waals surface area contributed by atoms with Gasteiger partial charge in [0.1, 0.15) is 0 Å². The van der Waals surface area contributed by atoms with Crippen molar-refractivity contribution in [3.05, 3.63) is 24.3 Å². The Hall–Kier alpha value is -1.21. The second-order valence-corrected chi connectivity index (χ2v) is 6.57. The van der Waals surface area contributed by atoms with Gasteiger partial charge < -0.3 is 10.0 Å². The number of hydrogen-bond acceptors (Lipinski definition) is 4. The van der Waals surface area contributed by atoms with Crippen LogP contribution >= 0.6 is 0 Å². The van der Waals surface area contributed by atoms with Crippen molar-refractivity contribution >= 4 is 15.5 Å². The number of rotatable bonds is 3. The van der Waals surface area contributed by atoms with E-state index in [1.165, 1.54) is 12.1 Å². The third kappa shape index (κ3) is 2.32. The molecular formula is C11H13F2NO3S. The lowest BCUT2D eigenvalue weighted by Crippen LogP contribution is -2.60. The molecule has 1 aromatic rings. The van der Waals surface area contributed by atoms with Gasteiger partial charge in [-0.05, 0) is 31.2 Å². The van der Waals surface area contributed by atoms with Crippen LogP contribution < -0.4 is 4.90 Å². The van der Waals surface area contributed by atoms with Crippen molar-refractivity contribution < 1.29 is 22.3 Å². The molecule has 18 heavy (non-hydrogen) atoms. The van der Waals surface area contributed by atoms with Crippen LogP contribution in [0.3, 0.4) is 0 Å². The van der Waals surface area contributed by atoms with Crippen LogP contribution in [-0.2, 0) is 9.84 Å². The molecule has 1 aliphatic rings. The van der Waals surface area contributed by atoms with E-state index >= 15 is 0 Å². The summed E-state index contributed by atoms with van der Waals surface area (Å²) in [6, 6.07) is 5.24. The van der Waals surface area contributed by atoms with Crippen molar-refractivity contribution in [2.45, 2.75) is 23.2 Å². The van der Waals surface area contributed by atoms with Gasteiger partial charge in [0.2, 0.25) is 9.84 Å². The molecule has 4 nitrogen and oxygen atoms in total. The molecule has 1 fully saturated rings. The first-order valence-corrected chi connectivity index (χ1v) is 6.86. The van der Waals surface area contributed by atoms with E-state index in [9.17, 15) is 22.3 Å². The second kappa shape index (κ2) is 4.17. The van der Waals surface area contributed by atoms with Crippen LogP contribution in [0.1, 0.15) is 6.92 Å². The van der Waals surface area contributed by atoms with Gasteiger partial charge in [-0.25, -0.2) is 8.42 Å². The number of anilines is 1. The Morgan fingerprint density at radius 1 is 1.28 bits per heavy atom. The van der Waals surface area contributed by atoms with Crippen LogP contribution in [0.2, 0.25) is 0 Å². The molecule has 0 amide bonds. The number of nitrogens with zero attached hydrogens (tertiary/aromatic N) is 1. The van der Waals surface area contributed by atoms with Crippen LogP contribution in [0, 0.1) is 0 Å². The number of alkyl halides is 2. The summed E-state index contributed by atoms with van der Waals surface area (Å²) in [4.78, 5) is 1.44. The highest BCUT2D eigenvalue weighted by molar-refractivity contribution is 7.91. The number of halogens is 2. The van der Waals surface area contributed by atoms with Crippen LogP contribution in [0.25, 0.3) is 0 Å². The molecule has 0 unspecified atom stereocenters. The summed E-state index contributed by atoms with van der Waals surface area (Å²) in [5.41, 5.74) is -0.0389. The first-order chi connectivity index (χ1) is 8.22. The quantitative estimate of drug-likeness (QED) is 0.903. The summed E-state index contributed by atoms with van der Waals surface area (Å²) in [5.74, 6) is -3.41. The fourth-order valence-corrected chi connectivity index (χ4v) is 2.63. The SMILES string of the molecule is CC1(O)CN(c2ccc(S(=O)(=O)C(F)F)cc2)C1. The van der Waals surface area contributed by atoms with Crippen molar-refractivity contribution in [3.8, 4) is 0 Å². The molecule has 1 aliphatic heterocycles. The van der Waals surface area contributed by atoms with Crippen LogP contribution in [-0.4, -0.2) is 38.0 Å². The van der Waals surface area contributed by atoms with Gasteiger partial charge in [-0.1, -0.05) is 0 Å². The molecule has 1 N–H and O–H groups in total. The van der Waals surface area contributed by atoms with E-state index in [-0.39, 0.29) is 0 Å². The van der Waals surface area contributed by atoms with Gasteiger partial charge >= 0.3 is 5.76 Å². The maximum Gasteiger partial charge on any atom is 0.341 e. The standard InChI is InChI=1S/C11H13F2NO3S/c1-11(15)6-14(7-11)8-2-4-9(5-3-8)18(16,17)10(12)13/h2-5,10,15H,6-7H2,1H3. The fourth-order valence-electron chi connectivity index (χ4n) is 1.91. The molecule has 0 aromatic heterocycles. The average molecular weight is 277 g/mol.